The number of benzene rings is 1. The lowest BCUT2D eigenvalue weighted by molar-refractivity contribution is -0.137. The van der Waals surface area contributed by atoms with Gasteiger partial charge in [0.2, 0.25) is 0 Å². The summed E-state index contributed by atoms with van der Waals surface area (Å²) in [7, 11) is 0. The SMILES string of the molecule is Cc1cc(F)c(C(N)CCC(=O)O)cc1O. The molecular weight excluding hydrogens is 213 g/mol. The van der Waals surface area contributed by atoms with Gasteiger partial charge in [-0.1, -0.05) is 0 Å². The molecule has 1 aromatic rings. The second kappa shape index (κ2) is 4.94. The molecule has 0 aliphatic heterocycles. The highest BCUT2D eigenvalue weighted by atomic mass is 19.1. The van der Waals surface area contributed by atoms with E-state index in [1.54, 1.807) is 6.92 Å². The fraction of sp³-hybridized carbons (Fsp3) is 0.364. The molecule has 1 unspecified atom stereocenters. The lowest BCUT2D eigenvalue weighted by Crippen LogP contribution is -2.14. The number of carboxylic acid groups (broad SMARTS) is 1. The smallest absolute Gasteiger partial charge is 0.303 e. The maximum absolute atomic E-state index is 13.5. The molecule has 4 N–H and O–H groups in total. The van der Waals surface area contributed by atoms with Gasteiger partial charge in [-0.05, 0) is 31.0 Å². The Morgan fingerprint density at radius 3 is 2.75 bits per heavy atom. The van der Waals surface area contributed by atoms with Crippen LogP contribution in [0.3, 0.4) is 0 Å². The quantitative estimate of drug-likeness (QED) is 0.731. The molecule has 0 fully saturated rings. The number of phenolic OH excluding ortho intramolecular Hbond substituents is 1. The first-order valence-corrected chi connectivity index (χ1v) is 4.88. The number of phenols is 1. The molecule has 0 bridgehead atoms. The number of aliphatic carboxylic acids is 1. The topological polar surface area (TPSA) is 83.6 Å². The van der Waals surface area contributed by atoms with Crippen LogP contribution in [0.2, 0.25) is 0 Å². The Morgan fingerprint density at radius 1 is 1.56 bits per heavy atom. The average molecular weight is 227 g/mol. The lowest BCUT2D eigenvalue weighted by atomic mass is 10.0. The minimum absolute atomic E-state index is 0.0397. The zero-order valence-corrected chi connectivity index (χ0v) is 8.90. The number of aryl methyl sites for hydroxylation is 1. The van der Waals surface area contributed by atoms with Crippen molar-refractivity contribution < 1.29 is 19.4 Å². The second-order valence-electron chi connectivity index (χ2n) is 3.70. The van der Waals surface area contributed by atoms with E-state index in [1.165, 1.54) is 12.1 Å². The minimum Gasteiger partial charge on any atom is -0.508 e. The van der Waals surface area contributed by atoms with Gasteiger partial charge < -0.3 is 15.9 Å². The molecule has 5 heteroatoms. The summed E-state index contributed by atoms with van der Waals surface area (Å²) in [6, 6.07) is 1.71. The Balaban J connectivity index is 2.86. The minimum atomic E-state index is -0.979. The number of rotatable bonds is 4. The Labute approximate surface area is 92.5 Å². The van der Waals surface area contributed by atoms with Crippen LogP contribution in [-0.4, -0.2) is 16.2 Å². The Hall–Kier alpha value is -1.62. The molecule has 0 saturated heterocycles. The summed E-state index contributed by atoms with van der Waals surface area (Å²) in [5, 5.41) is 17.9. The van der Waals surface area contributed by atoms with Gasteiger partial charge in [0.05, 0.1) is 0 Å². The molecule has 0 aliphatic rings. The van der Waals surface area contributed by atoms with Crippen LogP contribution in [-0.2, 0) is 4.79 Å². The van der Waals surface area contributed by atoms with Gasteiger partial charge in [-0.25, -0.2) is 4.39 Å². The van der Waals surface area contributed by atoms with Crippen molar-refractivity contribution in [1.82, 2.24) is 0 Å². The number of carbonyl (C=O) groups is 1. The largest absolute Gasteiger partial charge is 0.508 e. The number of nitrogens with two attached hydrogens (primary N) is 1. The van der Waals surface area contributed by atoms with Crippen molar-refractivity contribution in [1.29, 1.82) is 0 Å². The highest BCUT2D eigenvalue weighted by molar-refractivity contribution is 5.66. The third-order valence-corrected chi connectivity index (χ3v) is 2.38. The summed E-state index contributed by atoms with van der Waals surface area (Å²) in [6.45, 7) is 1.57. The number of hydrogen-bond donors (Lipinski definition) is 3. The summed E-state index contributed by atoms with van der Waals surface area (Å²) >= 11 is 0. The highest BCUT2D eigenvalue weighted by Gasteiger charge is 2.15. The van der Waals surface area contributed by atoms with E-state index in [2.05, 4.69) is 0 Å². The van der Waals surface area contributed by atoms with Gasteiger partial charge in [-0.3, -0.25) is 4.79 Å². The standard InChI is InChI=1S/C11H14FNO3/c1-6-4-8(12)7(5-10(6)14)9(13)2-3-11(15)16/h4-5,9,14H,2-3,13H2,1H3,(H,15,16). The zero-order chi connectivity index (χ0) is 12.3. The van der Waals surface area contributed by atoms with Crippen LogP contribution >= 0.6 is 0 Å². The lowest BCUT2D eigenvalue weighted by Gasteiger charge is -2.13. The van der Waals surface area contributed by atoms with Crippen molar-refractivity contribution in [2.75, 3.05) is 0 Å². The van der Waals surface area contributed by atoms with Crippen molar-refractivity contribution >= 4 is 5.97 Å². The normalized spacial score (nSPS) is 12.4. The summed E-state index contributed by atoms with van der Waals surface area (Å²) in [5.41, 5.74) is 6.21. The molecule has 0 aliphatic carbocycles. The van der Waals surface area contributed by atoms with Crippen molar-refractivity contribution in [2.45, 2.75) is 25.8 Å². The molecule has 0 spiro atoms. The van der Waals surface area contributed by atoms with Crippen molar-refractivity contribution in [3.05, 3.63) is 29.1 Å². The highest BCUT2D eigenvalue weighted by Crippen LogP contribution is 2.26. The van der Waals surface area contributed by atoms with Crippen LogP contribution in [0.1, 0.15) is 30.0 Å². The number of carboxylic acids is 1. The maximum Gasteiger partial charge on any atom is 0.303 e. The molecule has 4 nitrogen and oxygen atoms in total. The van der Waals surface area contributed by atoms with E-state index in [4.69, 9.17) is 10.8 Å². The fourth-order valence-corrected chi connectivity index (χ4v) is 1.40. The molecular formula is C11H14FNO3. The molecule has 0 heterocycles. The summed E-state index contributed by atoms with van der Waals surface area (Å²) in [6.07, 6.45) is 0.00397. The van der Waals surface area contributed by atoms with Crippen molar-refractivity contribution in [3.63, 3.8) is 0 Å². The first-order valence-electron chi connectivity index (χ1n) is 4.88. The third-order valence-electron chi connectivity index (χ3n) is 2.38. The summed E-state index contributed by atoms with van der Waals surface area (Å²) in [4.78, 5) is 10.3. The second-order valence-corrected chi connectivity index (χ2v) is 3.70. The summed E-state index contributed by atoms with van der Waals surface area (Å²) in [5.74, 6) is -1.54. The van der Waals surface area contributed by atoms with Crippen LogP contribution in [0.5, 0.6) is 5.75 Å². The first kappa shape index (κ1) is 12.4. The van der Waals surface area contributed by atoms with Gasteiger partial charge in [0.15, 0.2) is 0 Å². The fourth-order valence-electron chi connectivity index (χ4n) is 1.40. The van der Waals surface area contributed by atoms with E-state index < -0.39 is 17.8 Å². The van der Waals surface area contributed by atoms with Gasteiger partial charge in [0.25, 0.3) is 0 Å². The average Bonchev–Trinajstić information content (AvgIpc) is 2.20. The predicted octanol–water partition coefficient (Wildman–Crippen LogP) is 1.70. The Bertz CT molecular complexity index is 406. The molecule has 0 saturated carbocycles. The third kappa shape index (κ3) is 2.93. The molecule has 1 rings (SSSR count). The van der Waals surface area contributed by atoms with E-state index in [0.29, 0.717) is 5.56 Å². The molecule has 1 atom stereocenters. The molecule has 88 valence electrons. The number of aromatic hydroxyl groups is 1. The predicted molar refractivity (Wildman–Crippen MR) is 56.6 cm³/mol. The van der Waals surface area contributed by atoms with Gasteiger partial charge in [-0.2, -0.15) is 0 Å². The van der Waals surface area contributed by atoms with E-state index in [-0.39, 0.29) is 24.2 Å². The molecule has 16 heavy (non-hydrogen) atoms. The van der Waals surface area contributed by atoms with E-state index >= 15 is 0 Å². The van der Waals surface area contributed by atoms with Crippen LogP contribution in [0.25, 0.3) is 0 Å². The Morgan fingerprint density at radius 2 is 2.19 bits per heavy atom. The van der Waals surface area contributed by atoms with Crippen molar-refractivity contribution in [3.8, 4) is 5.75 Å². The van der Waals surface area contributed by atoms with Crippen LogP contribution in [0.15, 0.2) is 12.1 Å². The van der Waals surface area contributed by atoms with Gasteiger partial charge in [0, 0.05) is 18.0 Å². The summed E-state index contributed by atoms with van der Waals surface area (Å²) < 4.78 is 13.5. The van der Waals surface area contributed by atoms with Gasteiger partial charge in [0.1, 0.15) is 11.6 Å². The molecule has 1 aromatic carbocycles. The maximum atomic E-state index is 13.5. The zero-order valence-electron chi connectivity index (χ0n) is 8.90. The number of halogens is 1. The van der Waals surface area contributed by atoms with E-state index in [9.17, 15) is 14.3 Å². The molecule has 0 radical (unpaired) electrons. The van der Waals surface area contributed by atoms with Gasteiger partial charge >= 0.3 is 5.97 Å². The Kier molecular flexibility index (Phi) is 3.84. The van der Waals surface area contributed by atoms with Crippen LogP contribution in [0.4, 0.5) is 4.39 Å². The first-order chi connectivity index (χ1) is 7.41. The van der Waals surface area contributed by atoms with Crippen LogP contribution < -0.4 is 5.73 Å². The van der Waals surface area contributed by atoms with Crippen molar-refractivity contribution in [2.24, 2.45) is 5.73 Å². The van der Waals surface area contributed by atoms with E-state index in [0.717, 1.165) is 0 Å². The van der Waals surface area contributed by atoms with E-state index in [1.807, 2.05) is 0 Å². The molecule has 0 amide bonds. The monoisotopic (exact) mass is 227 g/mol. The van der Waals surface area contributed by atoms with Crippen LogP contribution in [0, 0.1) is 12.7 Å². The van der Waals surface area contributed by atoms with Gasteiger partial charge in [-0.15, -0.1) is 0 Å². The molecule has 0 aromatic heterocycles. The number of hydrogen-bond acceptors (Lipinski definition) is 3.